The van der Waals surface area contributed by atoms with E-state index in [1.165, 1.54) is 42.5 Å². The zero-order valence-electron chi connectivity index (χ0n) is 12.3. The Labute approximate surface area is 138 Å². The van der Waals surface area contributed by atoms with Crippen LogP contribution in [-0.2, 0) is 10.0 Å². The molecule has 7 heteroatoms. The Morgan fingerprint density at radius 2 is 1.58 bits per heavy atom. The van der Waals surface area contributed by atoms with Crippen molar-refractivity contribution in [1.29, 1.82) is 0 Å². The van der Waals surface area contributed by atoms with Crippen LogP contribution in [0.5, 0.6) is 5.75 Å². The van der Waals surface area contributed by atoms with E-state index in [1.54, 1.807) is 18.2 Å². The van der Waals surface area contributed by atoms with Crippen LogP contribution in [0.25, 0.3) is 10.8 Å². The van der Waals surface area contributed by atoms with Crippen LogP contribution in [0.2, 0.25) is 0 Å². The topological polar surface area (TPSA) is 104 Å². The van der Waals surface area contributed by atoms with Crippen molar-refractivity contribution in [2.24, 2.45) is 0 Å². The Balaban J connectivity index is 2.02. The van der Waals surface area contributed by atoms with Crippen LogP contribution in [0.3, 0.4) is 0 Å². The molecule has 122 valence electrons. The summed E-state index contributed by atoms with van der Waals surface area (Å²) < 4.78 is 27.4. The molecule has 0 unspecified atom stereocenters. The first-order valence-corrected chi connectivity index (χ1v) is 8.43. The van der Waals surface area contributed by atoms with E-state index in [2.05, 4.69) is 4.72 Å². The van der Waals surface area contributed by atoms with Crippen LogP contribution in [0, 0.1) is 0 Å². The SMILES string of the molecule is O=C(O)c1ccccc1NS(=O)(=O)c1ccc2cc(O)ccc2c1. The molecule has 24 heavy (non-hydrogen) atoms. The Bertz CT molecular complexity index is 1040. The first-order chi connectivity index (χ1) is 11.4. The van der Waals surface area contributed by atoms with Gasteiger partial charge in [0.05, 0.1) is 16.1 Å². The first-order valence-electron chi connectivity index (χ1n) is 6.95. The molecule has 3 rings (SSSR count). The Morgan fingerprint density at radius 1 is 0.917 bits per heavy atom. The van der Waals surface area contributed by atoms with Gasteiger partial charge in [-0.1, -0.05) is 24.3 Å². The largest absolute Gasteiger partial charge is 0.508 e. The molecule has 3 aromatic carbocycles. The maximum absolute atomic E-state index is 12.5. The smallest absolute Gasteiger partial charge is 0.337 e. The number of carboxylic acids is 1. The van der Waals surface area contributed by atoms with Crippen LogP contribution in [-0.4, -0.2) is 24.6 Å². The lowest BCUT2D eigenvalue weighted by Gasteiger charge is -2.11. The third-order valence-corrected chi connectivity index (χ3v) is 4.87. The fraction of sp³-hybridized carbons (Fsp3) is 0. The number of aromatic hydroxyl groups is 1. The molecule has 0 heterocycles. The summed E-state index contributed by atoms with van der Waals surface area (Å²) in [4.78, 5) is 11.2. The van der Waals surface area contributed by atoms with E-state index in [4.69, 9.17) is 5.11 Å². The van der Waals surface area contributed by atoms with Gasteiger partial charge in [-0.2, -0.15) is 0 Å². The Kier molecular flexibility index (Phi) is 3.86. The number of sulfonamides is 1. The van der Waals surface area contributed by atoms with Gasteiger partial charge in [0, 0.05) is 0 Å². The van der Waals surface area contributed by atoms with Gasteiger partial charge < -0.3 is 10.2 Å². The number of aromatic carboxylic acids is 1. The van der Waals surface area contributed by atoms with E-state index < -0.39 is 16.0 Å². The molecule has 0 saturated heterocycles. The number of benzene rings is 3. The second-order valence-corrected chi connectivity index (χ2v) is 6.83. The fourth-order valence-electron chi connectivity index (χ4n) is 2.34. The second-order valence-electron chi connectivity index (χ2n) is 5.15. The third-order valence-electron chi connectivity index (χ3n) is 3.51. The number of anilines is 1. The first kappa shape index (κ1) is 15.8. The average molecular weight is 343 g/mol. The number of hydrogen-bond donors (Lipinski definition) is 3. The summed E-state index contributed by atoms with van der Waals surface area (Å²) in [5, 5.41) is 19.9. The molecule has 0 amide bonds. The number of rotatable bonds is 4. The maximum atomic E-state index is 12.5. The number of hydrogen-bond acceptors (Lipinski definition) is 4. The van der Waals surface area contributed by atoms with E-state index >= 15 is 0 Å². The van der Waals surface area contributed by atoms with Crippen molar-refractivity contribution in [3.63, 3.8) is 0 Å². The van der Waals surface area contributed by atoms with Crippen molar-refractivity contribution in [2.75, 3.05) is 4.72 Å². The van der Waals surface area contributed by atoms with E-state index in [0.717, 1.165) is 0 Å². The van der Waals surface area contributed by atoms with Crippen molar-refractivity contribution in [3.05, 3.63) is 66.2 Å². The standard InChI is InChI=1S/C17H13NO5S/c19-13-7-5-12-10-14(8-6-11(12)9-13)24(22,23)18-16-4-2-1-3-15(16)17(20)21/h1-10,18-19H,(H,20,21). The predicted molar refractivity (Wildman–Crippen MR) is 89.8 cm³/mol. The van der Waals surface area contributed by atoms with E-state index in [0.29, 0.717) is 10.8 Å². The normalized spacial score (nSPS) is 11.3. The minimum atomic E-state index is -3.95. The monoisotopic (exact) mass is 343 g/mol. The molecular weight excluding hydrogens is 330 g/mol. The molecule has 0 aliphatic carbocycles. The van der Waals surface area contributed by atoms with Crippen LogP contribution in [0.15, 0.2) is 65.6 Å². The molecule has 0 radical (unpaired) electrons. The van der Waals surface area contributed by atoms with Crippen molar-refractivity contribution in [1.82, 2.24) is 0 Å². The molecule has 0 bridgehead atoms. The van der Waals surface area contributed by atoms with Crippen molar-refractivity contribution < 1.29 is 23.4 Å². The molecule has 0 fully saturated rings. The summed E-state index contributed by atoms with van der Waals surface area (Å²) in [7, 11) is -3.95. The van der Waals surface area contributed by atoms with Gasteiger partial charge >= 0.3 is 5.97 Å². The highest BCUT2D eigenvalue weighted by Gasteiger charge is 2.18. The number of carbonyl (C=O) groups is 1. The van der Waals surface area contributed by atoms with Gasteiger partial charge in [-0.25, -0.2) is 13.2 Å². The highest BCUT2D eigenvalue weighted by molar-refractivity contribution is 7.92. The van der Waals surface area contributed by atoms with Gasteiger partial charge in [0.15, 0.2) is 0 Å². The molecule has 0 aliphatic heterocycles. The van der Waals surface area contributed by atoms with Crippen LogP contribution in [0.4, 0.5) is 5.69 Å². The lowest BCUT2D eigenvalue weighted by molar-refractivity contribution is 0.0698. The van der Waals surface area contributed by atoms with Crippen molar-refractivity contribution in [3.8, 4) is 5.75 Å². The highest BCUT2D eigenvalue weighted by Crippen LogP contribution is 2.25. The molecule has 0 aliphatic rings. The van der Waals surface area contributed by atoms with Gasteiger partial charge in [-0.05, 0) is 47.2 Å². The zero-order chi connectivity index (χ0) is 17.3. The molecule has 3 N–H and O–H groups in total. The number of carboxylic acid groups (broad SMARTS) is 1. The highest BCUT2D eigenvalue weighted by atomic mass is 32.2. The number of fused-ring (bicyclic) bond motifs is 1. The van der Waals surface area contributed by atoms with Crippen molar-refractivity contribution in [2.45, 2.75) is 4.90 Å². The van der Waals surface area contributed by atoms with Gasteiger partial charge in [-0.15, -0.1) is 0 Å². The predicted octanol–water partition coefficient (Wildman–Crippen LogP) is 3.04. The van der Waals surface area contributed by atoms with Gasteiger partial charge in [0.1, 0.15) is 5.75 Å². The third kappa shape index (κ3) is 3.02. The van der Waals surface area contributed by atoms with E-state index in [-0.39, 0.29) is 21.9 Å². The lowest BCUT2D eigenvalue weighted by Crippen LogP contribution is -2.15. The van der Waals surface area contributed by atoms with Crippen LogP contribution < -0.4 is 4.72 Å². The minimum Gasteiger partial charge on any atom is -0.508 e. The fourth-order valence-corrected chi connectivity index (χ4v) is 3.46. The summed E-state index contributed by atoms with van der Waals surface area (Å²) in [6.45, 7) is 0. The number of para-hydroxylation sites is 1. The molecule has 0 spiro atoms. The summed E-state index contributed by atoms with van der Waals surface area (Å²) in [6, 6.07) is 14.8. The molecular formula is C17H13NO5S. The maximum Gasteiger partial charge on any atom is 0.337 e. The Hall–Kier alpha value is -3.06. The number of phenols is 1. The molecule has 6 nitrogen and oxygen atoms in total. The number of nitrogens with one attached hydrogen (secondary N) is 1. The lowest BCUT2D eigenvalue weighted by atomic mass is 10.1. The molecule has 0 saturated carbocycles. The van der Waals surface area contributed by atoms with Crippen molar-refractivity contribution >= 4 is 32.5 Å². The zero-order valence-corrected chi connectivity index (χ0v) is 13.1. The second kappa shape index (κ2) is 5.86. The van der Waals surface area contributed by atoms with E-state index in [9.17, 15) is 18.3 Å². The van der Waals surface area contributed by atoms with Gasteiger partial charge in [0.2, 0.25) is 0 Å². The summed E-state index contributed by atoms with van der Waals surface area (Å²) in [5.74, 6) is -1.13. The molecule has 3 aromatic rings. The average Bonchev–Trinajstić information content (AvgIpc) is 2.54. The summed E-state index contributed by atoms with van der Waals surface area (Å²) in [6.07, 6.45) is 0. The minimum absolute atomic E-state index is 0.000816. The van der Waals surface area contributed by atoms with E-state index in [1.807, 2.05) is 0 Å². The Morgan fingerprint density at radius 3 is 2.33 bits per heavy atom. The quantitative estimate of drug-likeness (QED) is 0.675. The summed E-state index contributed by atoms with van der Waals surface area (Å²) >= 11 is 0. The van der Waals surface area contributed by atoms with Crippen LogP contribution >= 0.6 is 0 Å². The number of phenolic OH excluding ortho intramolecular Hbond substituents is 1. The summed E-state index contributed by atoms with van der Waals surface area (Å²) in [5.41, 5.74) is -0.136. The molecule has 0 aromatic heterocycles. The van der Waals surface area contributed by atoms with Gasteiger partial charge in [0.25, 0.3) is 10.0 Å². The van der Waals surface area contributed by atoms with Gasteiger partial charge in [-0.3, -0.25) is 4.72 Å². The van der Waals surface area contributed by atoms with Crippen LogP contribution in [0.1, 0.15) is 10.4 Å². The molecule has 0 atom stereocenters.